The van der Waals surface area contributed by atoms with Gasteiger partial charge in [-0.3, -0.25) is 0 Å². The molecule has 3 aromatic carbocycles. The van der Waals surface area contributed by atoms with Crippen molar-refractivity contribution in [2.45, 2.75) is 6.54 Å². The summed E-state index contributed by atoms with van der Waals surface area (Å²) in [6.45, 7) is 0.720. The van der Waals surface area contributed by atoms with Gasteiger partial charge < -0.3 is 9.64 Å². The number of nitrogens with zero attached hydrogens (tertiary/aromatic N) is 2. The topological polar surface area (TPSA) is 25.4 Å². The lowest BCUT2D eigenvalue weighted by atomic mass is 10.1. The molecule has 0 radical (unpaired) electrons. The summed E-state index contributed by atoms with van der Waals surface area (Å²) in [5.74, 6) is 0.830. The molecule has 0 saturated carbocycles. The Morgan fingerprint density at radius 3 is 2.33 bits per heavy atom. The van der Waals surface area contributed by atoms with Gasteiger partial charge in [0.25, 0.3) is 0 Å². The van der Waals surface area contributed by atoms with Crippen LogP contribution in [0.15, 0.2) is 84.9 Å². The second kappa shape index (κ2) is 7.68. The van der Waals surface area contributed by atoms with Gasteiger partial charge in [0.1, 0.15) is 10.9 Å². The van der Waals surface area contributed by atoms with Crippen molar-refractivity contribution in [2.75, 3.05) is 12.0 Å². The van der Waals surface area contributed by atoms with E-state index in [0.717, 1.165) is 34.6 Å². The molecule has 4 aromatic rings. The Bertz CT molecular complexity index is 1050. The Morgan fingerprint density at radius 1 is 0.889 bits per heavy atom. The molecule has 1 aromatic heterocycles. The van der Waals surface area contributed by atoms with Crippen LogP contribution in [0.1, 0.15) is 5.56 Å². The number of pyridine rings is 1. The second-order valence-electron chi connectivity index (χ2n) is 6.25. The Hall–Kier alpha value is -3.04. The fraction of sp³-hybridized carbons (Fsp3) is 0.0870. The van der Waals surface area contributed by atoms with Crippen LogP contribution in [0.2, 0.25) is 5.15 Å². The number of aromatic nitrogens is 1. The van der Waals surface area contributed by atoms with E-state index in [1.54, 1.807) is 7.11 Å². The third-order valence-corrected chi connectivity index (χ3v) is 4.72. The predicted octanol–water partition coefficient (Wildman–Crippen LogP) is 6.24. The number of rotatable bonds is 5. The molecule has 0 aliphatic carbocycles. The molecule has 0 N–H and O–H groups in total. The maximum atomic E-state index is 6.35. The minimum atomic E-state index is 0.482. The molecule has 0 spiro atoms. The molecule has 0 fully saturated rings. The van der Waals surface area contributed by atoms with Gasteiger partial charge in [0.2, 0.25) is 0 Å². The first-order chi connectivity index (χ1) is 13.2. The van der Waals surface area contributed by atoms with E-state index in [9.17, 15) is 0 Å². The average Bonchev–Trinajstić information content (AvgIpc) is 2.72. The number of hydrogen-bond donors (Lipinski definition) is 0. The fourth-order valence-electron chi connectivity index (χ4n) is 3.19. The molecular formula is C23H19ClN2O. The van der Waals surface area contributed by atoms with Gasteiger partial charge in [-0.2, -0.15) is 0 Å². The van der Waals surface area contributed by atoms with Gasteiger partial charge in [-0.05, 0) is 42.0 Å². The molecule has 0 saturated heterocycles. The first-order valence-corrected chi connectivity index (χ1v) is 9.13. The quantitative estimate of drug-likeness (QED) is 0.387. The molecule has 4 rings (SSSR count). The van der Waals surface area contributed by atoms with Crippen molar-refractivity contribution in [3.8, 4) is 5.75 Å². The number of anilines is 2. The number of benzene rings is 3. The van der Waals surface area contributed by atoms with Crippen LogP contribution in [0.3, 0.4) is 0 Å². The zero-order valence-corrected chi connectivity index (χ0v) is 15.7. The van der Waals surface area contributed by atoms with Gasteiger partial charge >= 0.3 is 0 Å². The third kappa shape index (κ3) is 3.74. The smallest absolute Gasteiger partial charge is 0.131 e. The van der Waals surface area contributed by atoms with Crippen molar-refractivity contribution >= 4 is 33.9 Å². The molecule has 0 unspecified atom stereocenters. The Labute approximate surface area is 163 Å². The van der Waals surface area contributed by atoms with E-state index in [1.807, 2.05) is 42.5 Å². The summed E-state index contributed by atoms with van der Waals surface area (Å²) in [7, 11) is 1.67. The normalized spacial score (nSPS) is 10.7. The van der Waals surface area contributed by atoms with Gasteiger partial charge in [0.15, 0.2) is 0 Å². The SMILES string of the molecule is COc1ccc(N(Cc2ccccc2)c2cc(Cl)nc3ccccc23)cc1. The zero-order valence-electron chi connectivity index (χ0n) is 15.0. The van der Waals surface area contributed by atoms with E-state index in [0.29, 0.717) is 5.15 Å². The first kappa shape index (κ1) is 17.4. The molecule has 1 heterocycles. The standard InChI is InChI=1S/C23H19ClN2O/c1-27-19-13-11-18(12-14-19)26(16-17-7-3-2-4-8-17)22-15-23(24)25-21-10-6-5-9-20(21)22/h2-15H,16H2,1H3. The molecular weight excluding hydrogens is 356 g/mol. The lowest BCUT2D eigenvalue weighted by molar-refractivity contribution is 0.415. The number of ether oxygens (including phenoxy) is 1. The maximum Gasteiger partial charge on any atom is 0.131 e. The van der Waals surface area contributed by atoms with Gasteiger partial charge in [0.05, 0.1) is 18.3 Å². The lowest BCUT2D eigenvalue weighted by Crippen LogP contribution is -2.17. The summed E-state index contributed by atoms with van der Waals surface area (Å²) < 4.78 is 5.31. The van der Waals surface area contributed by atoms with Crippen LogP contribution in [0.4, 0.5) is 11.4 Å². The molecule has 27 heavy (non-hydrogen) atoms. The number of halogens is 1. The van der Waals surface area contributed by atoms with Crippen LogP contribution in [0.25, 0.3) is 10.9 Å². The molecule has 3 nitrogen and oxygen atoms in total. The summed E-state index contributed by atoms with van der Waals surface area (Å²) in [5.41, 5.74) is 4.18. The van der Waals surface area contributed by atoms with Gasteiger partial charge in [0, 0.05) is 17.6 Å². The maximum absolute atomic E-state index is 6.35. The van der Waals surface area contributed by atoms with Crippen LogP contribution in [-0.4, -0.2) is 12.1 Å². The Balaban J connectivity index is 1.87. The van der Waals surface area contributed by atoms with Crippen molar-refractivity contribution in [1.29, 1.82) is 0 Å². The predicted molar refractivity (Wildman–Crippen MR) is 112 cm³/mol. The van der Waals surface area contributed by atoms with E-state index >= 15 is 0 Å². The summed E-state index contributed by atoms with van der Waals surface area (Å²) in [4.78, 5) is 6.72. The number of para-hydroxylation sites is 1. The molecule has 0 aliphatic rings. The van der Waals surface area contributed by atoms with Gasteiger partial charge in [-0.15, -0.1) is 0 Å². The average molecular weight is 375 g/mol. The summed E-state index contributed by atoms with van der Waals surface area (Å²) >= 11 is 6.35. The third-order valence-electron chi connectivity index (χ3n) is 4.52. The van der Waals surface area contributed by atoms with Crippen molar-refractivity contribution in [3.05, 3.63) is 95.6 Å². The fourth-order valence-corrected chi connectivity index (χ4v) is 3.39. The number of methoxy groups -OCH3 is 1. The first-order valence-electron chi connectivity index (χ1n) is 8.75. The lowest BCUT2D eigenvalue weighted by Gasteiger charge is -2.27. The van der Waals surface area contributed by atoms with Crippen molar-refractivity contribution in [1.82, 2.24) is 4.98 Å². The minimum Gasteiger partial charge on any atom is -0.497 e. The molecule has 4 heteroatoms. The Kier molecular flexibility index (Phi) is 4.95. The van der Waals surface area contributed by atoms with Gasteiger partial charge in [-0.1, -0.05) is 60.1 Å². The molecule has 0 atom stereocenters. The van der Waals surface area contributed by atoms with E-state index in [1.165, 1.54) is 5.56 Å². The molecule has 134 valence electrons. The summed E-state index contributed by atoms with van der Waals surface area (Å²) in [6, 6.07) is 28.4. The highest BCUT2D eigenvalue weighted by atomic mass is 35.5. The van der Waals surface area contributed by atoms with Crippen LogP contribution in [-0.2, 0) is 6.54 Å². The minimum absolute atomic E-state index is 0.482. The summed E-state index contributed by atoms with van der Waals surface area (Å²) in [6.07, 6.45) is 0. The molecule has 0 aliphatic heterocycles. The van der Waals surface area contributed by atoms with Crippen LogP contribution >= 0.6 is 11.6 Å². The zero-order chi connectivity index (χ0) is 18.6. The van der Waals surface area contributed by atoms with Crippen LogP contribution in [0, 0.1) is 0 Å². The van der Waals surface area contributed by atoms with Crippen molar-refractivity contribution in [2.24, 2.45) is 0 Å². The van der Waals surface area contributed by atoms with E-state index in [-0.39, 0.29) is 0 Å². The second-order valence-corrected chi connectivity index (χ2v) is 6.64. The highest BCUT2D eigenvalue weighted by molar-refractivity contribution is 6.30. The molecule has 0 amide bonds. The highest BCUT2D eigenvalue weighted by Crippen LogP contribution is 2.35. The summed E-state index contributed by atoms with van der Waals surface area (Å²) in [5, 5.41) is 1.55. The number of hydrogen-bond acceptors (Lipinski definition) is 3. The molecule has 0 bridgehead atoms. The Morgan fingerprint density at radius 2 is 1.59 bits per heavy atom. The van der Waals surface area contributed by atoms with E-state index < -0.39 is 0 Å². The largest absolute Gasteiger partial charge is 0.497 e. The van der Waals surface area contributed by atoms with Crippen LogP contribution in [0.5, 0.6) is 5.75 Å². The van der Waals surface area contributed by atoms with Gasteiger partial charge in [-0.25, -0.2) is 4.98 Å². The van der Waals surface area contributed by atoms with Crippen LogP contribution < -0.4 is 9.64 Å². The monoisotopic (exact) mass is 374 g/mol. The van der Waals surface area contributed by atoms with E-state index in [2.05, 4.69) is 52.3 Å². The van der Waals surface area contributed by atoms with Crippen molar-refractivity contribution in [3.63, 3.8) is 0 Å². The highest BCUT2D eigenvalue weighted by Gasteiger charge is 2.15. The van der Waals surface area contributed by atoms with Crippen molar-refractivity contribution < 1.29 is 4.74 Å². The number of fused-ring (bicyclic) bond motifs is 1. The van der Waals surface area contributed by atoms with E-state index in [4.69, 9.17) is 16.3 Å².